The summed E-state index contributed by atoms with van der Waals surface area (Å²) < 4.78 is 5.21. The SMILES string of the molecule is Nc1nc(Cc2nc(Cc3cccc(Cl)c3)no2)cs1. The van der Waals surface area contributed by atoms with Crippen molar-refractivity contribution in [3.63, 3.8) is 0 Å². The van der Waals surface area contributed by atoms with Crippen molar-refractivity contribution in [3.8, 4) is 0 Å². The number of thiazole rings is 1. The Morgan fingerprint density at radius 1 is 1.25 bits per heavy atom. The summed E-state index contributed by atoms with van der Waals surface area (Å²) in [5.41, 5.74) is 7.46. The lowest BCUT2D eigenvalue weighted by Gasteiger charge is -1.96. The first kappa shape index (κ1) is 13.1. The molecular formula is C13H11ClN4OS. The number of rotatable bonds is 4. The van der Waals surface area contributed by atoms with Crippen LogP contribution in [0.5, 0.6) is 0 Å². The molecule has 20 heavy (non-hydrogen) atoms. The molecule has 0 aliphatic rings. The Kier molecular flexibility index (Phi) is 3.66. The van der Waals surface area contributed by atoms with Gasteiger partial charge in [0.05, 0.1) is 12.1 Å². The van der Waals surface area contributed by atoms with Crippen molar-refractivity contribution in [2.45, 2.75) is 12.8 Å². The fraction of sp³-hybridized carbons (Fsp3) is 0.154. The minimum atomic E-state index is 0.496. The van der Waals surface area contributed by atoms with E-state index < -0.39 is 0 Å². The van der Waals surface area contributed by atoms with E-state index in [1.165, 1.54) is 11.3 Å². The van der Waals surface area contributed by atoms with Gasteiger partial charge in [-0.25, -0.2) is 4.98 Å². The van der Waals surface area contributed by atoms with E-state index in [1.54, 1.807) is 0 Å². The van der Waals surface area contributed by atoms with Crippen LogP contribution in [0.4, 0.5) is 5.13 Å². The summed E-state index contributed by atoms with van der Waals surface area (Å²) in [7, 11) is 0. The predicted octanol–water partition coefficient (Wildman–Crippen LogP) is 2.94. The molecule has 0 aliphatic heterocycles. The van der Waals surface area contributed by atoms with Gasteiger partial charge >= 0.3 is 0 Å². The lowest BCUT2D eigenvalue weighted by atomic mass is 10.1. The summed E-state index contributed by atoms with van der Waals surface area (Å²) in [6, 6.07) is 7.60. The van der Waals surface area contributed by atoms with Crippen molar-refractivity contribution in [1.82, 2.24) is 15.1 Å². The quantitative estimate of drug-likeness (QED) is 0.802. The molecule has 0 radical (unpaired) electrons. The maximum absolute atomic E-state index is 5.94. The summed E-state index contributed by atoms with van der Waals surface area (Å²) in [4.78, 5) is 8.50. The first-order chi connectivity index (χ1) is 9.69. The Hall–Kier alpha value is -1.92. The molecule has 0 fully saturated rings. The lowest BCUT2D eigenvalue weighted by Crippen LogP contribution is -1.93. The van der Waals surface area contributed by atoms with Gasteiger partial charge < -0.3 is 10.3 Å². The average Bonchev–Trinajstić information content (AvgIpc) is 3.00. The van der Waals surface area contributed by atoms with Crippen LogP contribution in [0.2, 0.25) is 5.02 Å². The number of hydrogen-bond acceptors (Lipinski definition) is 6. The van der Waals surface area contributed by atoms with Crippen LogP contribution >= 0.6 is 22.9 Å². The fourth-order valence-electron chi connectivity index (χ4n) is 1.82. The molecule has 5 nitrogen and oxygen atoms in total. The largest absolute Gasteiger partial charge is 0.375 e. The minimum absolute atomic E-state index is 0.496. The summed E-state index contributed by atoms with van der Waals surface area (Å²) >= 11 is 7.34. The van der Waals surface area contributed by atoms with Crippen molar-refractivity contribution in [1.29, 1.82) is 0 Å². The molecule has 2 aromatic heterocycles. The zero-order valence-corrected chi connectivity index (χ0v) is 12.0. The molecule has 2 N–H and O–H groups in total. The van der Waals surface area contributed by atoms with Gasteiger partial charge in [0.2, 0.25) is 5.89 Å². The highest BCUT2D eigenvalue weighted by molar-refractivity contribution is 7.13. The van der Waals surface area contributed by atoms with Crippen LogP contribution < -0.4 is 5.73 Å². The van der Waals surface area contributed by atoms with Crippen LogP contribution in [0.15, 0.2) is 34.2 Å². The van der Waals surface area contributed by atoms with E-state index in [0.717, 1.165) is 11.3 Å². The van der Waals surface area contributed by atoms with Crippen LogP contribution in [-0.2, 0) is 12.8 Å². The number of hydrogen-bond donors (Lipinski definition) is 1. The third kappa shape index (κ3) is 3.15. The number of nitrogens with zero attached hydrogens (tertiary/aromatic N) is 3. The van der Waals surface area contributed by atoms with E-state index in [2.05, 4.69) is 15.1 Å². The molecule has 1 aromatic carbocycles. The molecule has 0 saturated heterocycles. The highest BCUT2D eigenvalue weighted by Gasteiger charge is 2.10. The number of nitrogen functional groups attached to an aromatic ring is 1. The second-order valence-electron chi connectivity index (χ2n) is 4.26. The van der Waals surface area contributed by atoms with Crippen molar-refractivity contribution < 1.29 is 4.52 Å². The predicted molar refractivity (Wildman–Crippen MR) is 77.9 cm³/mol. The van der Waals surface area contributed by atoms with Gasteiger partial charge in [-0.2, -0.15) is 4.98 Å². The highest BCUT2D eigenvalue weighted by Crippen LogP contribution is 2.16. The van der Waals surface area contributed by atoms with Crippen molar-refractivity contribution in [2.75, 3.05) is 5.73 Å². The van der Waals surface area contributed by atoms with Crippen molar-refractivity contribution >= 4 is 28.1 Å². The molecule has 0 bridgehead atoms. The third-order valence-corrected chi connectivity index (χ3v) is 3.62. The first-order valence-corrected chi connectivity index (χ1v) is 7.20. The number of aromatic nitrogens is 3. The van der Waals surface area contributed by atoms with Crippen LogP contribution in [0.25, 0.3) is 0 Å². The van der Waals surface area contributed by atoms with Crippen LogP contribution in [0.1, 0.15) is 23.0 Å². The Labute approximate surface area is 124 Å². The zero-order valence-electron chi connectivity index (χ0n) is 10.4. The zero-order chi connectivity index (χ0) is 13.9. The van der Waals surface area contributed by atoms with E-state index in [9.17, 15) is 0 Å². The summed E-state index contributed by atoms with van der Waals surface area (Å²) in [5.74, 6) is 1.16. The molecule has 0 atom stereocenters. The van der Waals surface area contributed by atoms with E-state index in [1.807, 2.05) is 29.6 Å². The summed E-state index contributed by atoms with van der Waals surface area (Å²) in [6.45, 7) is 0. The van der Waals surface area contributed by atoms with Gasteiger partial charge in [0, 0.05) is 16.8 Å². The van der Waals surface area contributed by atoms with Gasteiger partial charge in [-0.3, -0.25) is 0 Å². The Balaban J connectivity index is 1.70. The summed E-state index contributed by atoms with van der Waals surface area (Å²) in [6.07, 6.45) is 1.08. The van der Waals surface area contributed by atoms with Gasteiger partial charge in [-0.05, 0) is 17.7 Å². The molecule has 7 heteroatoms. The molecule has 3 aromatic rings. The van der Waals surface area contributed by atoms with Gasteiger partial charge in [0.15, 0.2) is 11.0 Å². The normalized spacial score (nSPS) is 10.8. The number of anilines is 1. The van der Waals surface area contributed by atoms with Gasteiger partial charge in [-0.1, -0.05) is 28.9 Å². The maximum Gasteiger partial charge on any atom is 0.232 e. The molecule has 3 rings (SSSR count). The second-order valence-corrected chi connectivity index (χ2v) is 5.59. The standard InChI is InChI=1S/C13H11ClN4OS/c14-9-3-1-2-8(4-9)5-11-17-12(19-18-11)6-10-7-20-13(15)16-10/h1-4,7H,5-6H2,(H2,15,16). The molecule has 2 heterocycles. The molecule has 0 spiro atoms. The van der Waals surface area contributed by atoms with Crippen LogP contribution in [0, 0.1) is 0 Å². The minimum Gasteiger partial charge on any atom is -0.375 e. The Morgan fingerprint density at radius 3 is 2.90 bits per heavy atom. The van der Waals surface area contributed by atoms with Gasteiger partial charge in [0.25, 0.3) is 0 Å². The highest BCUT2D eigenvalue weighted by atomic mass is 35.5. The van der Waals surface area contributed by atoms with E-state index in [4.69, 9.17) is 21.9 Å². The maximum atomic E-state index is 5.94. The molecule has 0 amide bonds. The molecular weight excluding hydrogens is 296 g/mol. The fourth-order valence-corrected chi connectivity index (χ4v) is 2.60. The number of nitrogens with two attached hydrogens (primary N) is 1. The number of halogens is 1. The Bertz CT molecular complexity index is 724. The average molecular weight is 307 g/mol. The number of benzene rings is 1. The summed E-state index contributed by atoms with van der Waals surface area (Å²) in [5, 5.41) is 7.08. The second kappa shape index (κ2) is 5.60. The van der Waals surface area contributed by atoms with E-state index in [-0.39, 0.29) is 0 Å². The first-order valence-electron chi connectivity index (χ1n) is 5.95. The van der Waals surface area contributed by atoms with Gasteiger partial charge in [0.1, 0.15) is 0 Å². The topological polar surface area (TPSA) is 77.8 Å². The van der Waals surface area contributed by atoms with Crippen LogP contribution in [0.3, 0.4) is 0 Å². The van der Waals surface area contributed by atoms with Crippen LogP contribution in [-0.4, -0.2) is 15.1 Å². The smallest absolute Gasteiger partial charge is 0.232 e. The van der Waals surface area contributed by atoms with Gasteiger partial charge in [-0.15, -0.1) is 11.3 Å². The molecule has 102 valence electrons. The molecule has 0 aliphatic carbocycles. The van der Waals surface area contributed by atoms with Crippen molar-refractivity contribution in [3.05, 3.63) is 57.6 Å². The van der Waals surface area contributed by atoms with E-state index in [0.29, 0.717) is 34.7 Å². The molecule has 0 saturated carbocycles. The lowest BCUT2D eigenvalue weighted by molar-refractivity contribution is 0.379. The van der Waals surface area contributed by atoms with Crippen molar-refractivity contribution in [2.24, 2.45) is 0 Å². The Morgan fingerprint density at radius 2 is 2.15 bits per heavy atom. The van der Waals surface area contributed by atoms with E-state index >= 15 is 0 Å². The molecule has 0 unspecified atom stereocenters. The monoisotopic (exact) mass is 306 g/mol. The third-order valence-electron chi connectivity index (χ3n) is 2.66.